The Labute approximate surface area is 129 Å². The van der Waals surface area contributed by atoms with Crippen molar-refractivity contribution < 1.29 is 29.7 Å². The molecule has 7 heteroatoms. The fourth-order valence-corrected chi connectivity index (χ4v) is 1.66. The van der Waals surface area contributed by atoms with Crippen LogP contribution in [0.2, 0.25) is 0 Å². The Kier molecular flexibility index (Phi) is 4.38. The summed E-state index contributed by atoms with van der Waals surface area (Å²) in [5.41, 5.74) is -0.0516. The first-order chi connectivity index (χ1) is 10.9. The Balaban J connectivity index is 2.38. The second-order valence-corrected chi connectivity index (χ2v) is 4.37. The van der Waals surface area contributed by atoms with Gasteiger partial charge in [-0.1, -0.05) is 11.8 Å². The lowest BCUT2D eigenvalue weighted by molar-refractivity contribution is 0.0674. The van der Waals surface area contributed by atoms with Crippen LogP contribution in [-0.4, -0.2) is 38.2 Å². The van der Waals surface area contributed by atoms with E-state index in [1.165, 1.54) is 24.3 Å². The summed E-state index contributed by atoms with van der Waals surface area (Å²) >= 11 is 0. The van der Waals surface area contributed by atoms with E-state index in [1.54, 1.807) is 0 Å². The molecule has 0 saturated carbocycles. The lowest BCUT2D eigenvalue weighted by Crippen LogP contribution is -2.08. The smallest absolute Gasteiger partial charge is 0.354 e. The summed E-state index contributed by atoms with van der Waals surface area (Å²) in [5, 5.41) is 26.6. The van der Waals surface area contributed by atoms with Crippen LogP contribution in [0.15, 0.2) is 36.4 Å². The first-order valence-electron chi connectivity index (χ1n) is 6.21. The summed E-state index contributed by atoms with van der Waals surface area (Å²) < 4.78 is 0. The molecule has 0 unspecified atom stereocenters. The molecule has 0 aliphatic rings. The van der Waals surface area contributed by atoms with Crippen molar-refractivity contribution in [2.45, 2.75) is 0 Å². The van der Waals surface area contributed by atoms with E-state index in [9.17, 15) is 14.4 Å². The minimum Gasteiger partial charge on any atom is -0.478 e. The molecular weight excluding hydrogens is 302 g/mol. The Morgan fingerprint density at radius 2 is 1.22 bits per heavy atom. The summed E-state index contributed by atoms with van der Waals surface area (Å²) in [4.78, 5) is 36.1. The number of pyridine rings is 1. The molecule has 0 saturated heterocycles. The van der Waals surface area contributed by atoms with Gasteiger partial charge in [-0.15, -0.1) is 0 Å². The van der Waals surface area contributed by atoms with Crippen molar-refractivity contribution in [2.75, 3.05) is 0 Å². The minimum atomic E-state index is -1.36. The zero-order valence-corrected chi connectivity index (χ0v) is 11.5. The first-order valence-corrected chi connectivity index (χ1v) is 6.21. The van der Waals surface area contributed by atoms with Gasteiger partial charge >= 0.3 is 17.9 Å². The lowest BCUT2D eigenvalue weighted by Gasteiger charge is -1.99. The van der Waals surface area contributed by atoms with Crippen molar-refractivity contribution in [3.8, 4) is 11.8 Å². The molecule has 1 aromatic heterocycles. The van der Waals surface area contributed by atoms with Crippen LogP contribution < -0.4 is 0 Å². The molecule has 1 aromatic carbocycles. The Morgan fingerprint density at radius 1 is 0.739 bits per heavy atom. The average molecular weight is 311 g/mol. The van der Waals surface area contributed by atoms with Crippen molar-refractivity contribution in [1.29, 1.82) is 0 Å². The molecule has 0 amide bonds. The molecule has 0 aliphatic carbocycles. The van der Waals surface area contributed by atoms with Gasteiger partial charge in [0.15, 0.2) is 0 Å². The Morgan fingerprint density at radius 3 is 1.65 bits per heavy atom. The highest BCUT2D eigenvalue weighted by Crippen LogP contribution is 2.07. The molecule has 0 spiro atoms. The van der Waals surface area contributed by atoms with E-state index in [4.69, 9.17) is 15.3 Å². The number of nitrogens with zero attached hydrogens (tertiary/aromatic N) is 1. The van der Waals surface area contributed by atoms with Crippen LogP contribution in [0.1, 0.15) is 42.5 Å². The molecule has 0 radical (unpaired) electrons. The normalized spacial score (nSPS) is 9.57. The van der Waals surface area contributed by atoms with E-state index >= 15 is 0 Å². The maximum Gasteiger partial charge on any atom is 0.354 e. The Hall–Kier alpha value is -3.66. The van der Waals surface area contributed by atoms with Crippen molar-refractivity contribution in [1.82, 2.24) is 4.98 Å². The lowest BCUT2D eigenvalue weighted by atomic mass is 10.1. The molecular formula is C16H9NO6. The first kappa shape index (κ1) is 15.7. The van der Waals surface area contributed by atoms with Gasteiger partial charge in [0.1, 0.15) is 11.4 Å². The van der Waals surface area contributed by atoms with E-state index in [0.29, 0.717) is 5.56 Å². The molecule has 1 heterocycles. The van der Waals surface area contributed by atoms with Crippen LogP contribution in [0.3, 0.4) is 0 Å². The molecule has 114 valence electrons. The quantitative estimate of drug-likeness (QED) is 0.735. The van der Waals surface area contributed by atoms with Gasteiger partial charge in [0.25, 0.3) is 0 Å². The molecule has 2 rings (SSSR count). The van der Waals surface area contributed by atoms with Crippen molar-refractivity contribution in [2.24, 2.45) is 0 Å². The number of carboxylic acid groups (broad SMARTS) is 3. The molecule has 7 nitrogen and oxygen atoms in total. The number of rotatable bonds is 3. The number of benzene rings is 1. The fraction of sp³-hybridized carbons (Fsp3) is 0. The van der Waals surface area contributed by atoms with Crippen LogP contribution in [0, 0.1) is 11.8 Å². The molecule has 2 aromatic rings. The van der Waals surface area contributed by atoms with E-state index in [0.717, 1.165) is 12.1 Å². The SMILES string of the molecule is O=C(O)c1ccc(C#Cc2cc(C(=O)O)nc(C(=O)O)c2)cc1. The van der Waals surface area contributed by atoms with Crippen LogP contribution in [0.25, 0.3) is 0 Å². The van der Waals surface area contributed by atoms with Crippen LogP contribution in [0.4, 0.5) is 0 Å². The Bertz CT molecular complexity index is 826. The van der Waals surface area contributed by atoms with Crippen LogP contribution in [0.5, 0.6) is 0 Å². The maximum absolute atomic E-state index is 10.9. The maximum atomic E-state index is 10.9. The topological polar surface area (TPSA) is 125 Å². The summed E-state index contributed by atoms with van der Waals surface area (Å²) in [7, 11) is 0. The van der Waals surface area contributed by atoms with Crippen molar-refractivity contribution >= 4 is 17.9 Å². The minimum absolute atomic E-state index is 0.112. The number of aromatic carboxylic acids is 3. The molecule has 23 heavy (non-hydrogen) atoms. The van der Waals surface area contributed by atoms with Gasteiger partial charge in [0.2, 0.25) is 0 Å². The van der Waals surface area contributed by atoms with Crippen molar-refractivity contribution in [3.63, 3.8) is 0 Å². The van der Waals surface area contributed by atoms with E-state index in [2.05, 4.69) is 16.8 Å². The largest absolute Gasteiger partial charge is 0.478 e. The predicted molar refractivity (Wildman–Crippen MR) is 77.5 cm³/mol. The highest BCUT2D eigenvalue weighted by molar-refractivity contribution is 5.90. The van der Waals surface area contributed by atoms with Gasteiger partial charge in [-0.2, -0.15) is 0 Å². The van der Waals surface area contributed by atoms with Crippen LogP contribution in [-0.2, 0) is 0 Å². The van der Waals surface area contributed by atoms with Gasteiger partial charge in [-0.3, -0.25) is 0 Å². The van der Waals surface area contributed by atoms with E-state index in [1.807, 2.05) is 0 Å². The molecule has 0 bridgehead atoms. The third-order valence-electron chi connectivity index (χ3n) is 2.75. The summed E-state index contributed by atoms with van der Waals surface area (Å²) in [6, 6.07) is 8.07. The standard InChI is InChI=1S/C16H9NO6/c18-14(19)11-5-3-9(4-6-11)1-2-10-7-12(15(20)21)17-13(8-10)16(22)23/h3-8H,(H,18,19)(H,20,21)(H,22,23). The van der Waals surface area contributed by atoms with Crippen molar-refractivity contribution in [3.05, 3.63) is 64.5 Å². The van der Waals surface area contributed by atoms with E-state index in [-0.39, 0.29) is 11.1 Å². The monoisotopic (exact) mass is 311 g/mol. The van der Waals surface area contributed by atoms with E-state index < -0.39 is 29.3 Å². The molecule has 0 atom stereocenters. The molecule has 3 N–H and O–H groups in total. The highest BCUT2D eigenvalue weighted by Gasteiger charge is 2.12. The molecule has 0 aliphatic heterocycles. The van der Waals surface area contributed by atoms with Gasteiger partial charge in [0.05, 0.1) is 5.56 Å². The third kappa shape index (κ3) is 3.92. The molecule has 0 fully saturated rings. The number of carbonyl (C=O) groups is 3. The number of aromatic nitrogens is 1. The van der Waals surface area contributed by atoms with Crippen LogP contribution >= 0.6 is 0 Å². The highest BCUT2D eigenvalue weighted by atomic mass is 16.4. The third-order valence-corrected chi connectivity index (χ3v) is 2.75. The zero-order valence-electron chi connectivity index (χ0n) is 11.5. The summed E-state index contributed by atoms with van der Waals surface area (Å²) in [5.74, 6) is 1.56. The number of hydrogen-bond acceptors (Lipinski definition) is 4. The zero-order chi connectivity index (χ0) is 17.0. The summed E-state index contributed by atoms with van der Waals surface area (Å²) in [6.07, 6.45) is 0. The fourth-order valence-electron chi connectivity index (χ4n) is 1.66. The number of carboxylic acids is 3. The second-order valence-electron chi connectivity index (χ2n) is 4.37. The van der Waals surface area contributed by atoms with Gasteiger partial charge < -0.3 is 15.3 Å². The predicted octanol–water partition coefficient (Wildman–Crippen LogP) is 1.58. The van der Waals surface area contributed by atoms with Gasteiger partial charge in [0, 0.05) is 11.1 Å². The second kappa shape index (κ2) is 6.41. The van der Waals surface area contributed by atoms with Gasteiger partial charge in [-0.05, 0) is 36.4 Å². The number of hydrogen-bond donors (Lipinski definition) is 3. The van der Waals surface area contributed by atoms with Gasteiger partial charge in [-0.25, -0.2) is 19.4 Å². The summed E-state index contributed by atoms with van der Waals surface area (Å²) in [6.45, 7) is 0. The average Bonchev–Trinajstić information content (AvgIpc) is 2.52.